The molecule has 0 aromatic rings. The highest BCUT2D eigenvalue weighted by molar-refractivity contribution is 4.53. The van der Waals surface area contributed by atoms with Gasteiger partial charge >= 0.3 is 0 Å². The van der Waals surface area contributed by atoms with E-state index in [0.29, 0.717) is 0 Å². The first-order valence-electron chi connectivity index (χ1n) is 7.35. The summed E-state index contributed by atoms with van der Waals surface area (Å²) < 4.78 is 5.46. The van der Waals surface area contributed by atoms with Crippen molar-refractivity contribution in [3.05, 3.63) is 6.61 Å². The molecule has 0 aliphatic heterocycles. The predicted octanol–water partition coefficient (Wildman–Crippen LogP) is 5.50. The van der Waals surface area contributed by atoms with Gasteiger partial charge in [0.25, 0.3) is 0 Å². The topological polar surface area (TPSA) is 9.23 Å². The van der Waals surface area contributed by atoms with Gasteiger partial charge in [-0.2, -0.15) is 0 Å². The Balaban J connectivity index is 2.83. The summed E-state index contributed by atoms with van der Waals surface area (Å²) >= 11 is 0. The zero-order chi connectivity index (χ0) is 11.9. The second-order valence-corrected chi connectivity index (χ2v) is 4.65. The molecule has 0 aromatic heterocycles. The quantitative estimate of drug-likeness (QED) is 0.378. The number of unbranched alkanes of at least 4 members (excludes halogenated alkanes) is 9. The van der Waals surface area contributed by atoms with Gasteiger partial charge in [-0.05, 0) is 12.8 Å². The molecule has 1 heteroatoms. The van der Waals surface area contributed by atoms with Crippen LogP contribution in [-0.4, -0.2) is 6.61 Å². The minimum atomic E-state index is 0.921. The zero-order valence-corrected chi connectivity index (χ0v) is 11.5. The van der Waals surface area contributed by atoms with E-state index in [1.165, 1.54) is 64.2 Å². The minimum absolute atomic E-state index is 0.921. The van der Waals surface area contributed by atoms with Crippen molar-refractivity contribution in [2.45, 2.75) is 84.5 Å². The standard InChI is InChI=1S/C15H31O/c1-3-5-7-8-9-10-11-13-15-16-14-12-6-4-2/h15H,3-14H2,1-2H3. The van der Waals surface area contributed by atoms with Crippen molar-refractivity contribution in [1.82, 2.24) is 0 Å². The first kappa shape index (κ1) is 16.0. The SMILES string of the molecule is CCCCCCCCC[CH]OCCCCC. The van der Waals surface area contributed by atoms with Crippen LogP contribution in [0.2, 0.25) is 0 Å². The molecule has 0 unspecified atom stereocenters. The largest absolute Gasteiger partial charge is 0.376 e. The fourth-order valence-electron chi connectivity index (χ4n) is 1.79. The number of hydrogen-bond donors (Lipinski definition) is 0. The Labute approximate surface area is 103 Å². The van der Waals surface area contributed by atoms with Crippen LogP contribution in [0.25, 0.3) is 0 Å². The maximum absolute atomic E-state index is 5.46. The highest BCUT2D eigenvalue weighted by Crippen LogP contribution is 2.09. The molecule has 0 aliphatic rings. The van der Waals surface area contributed by atoms with Crippen LogP contribution in [0.4, 0.5) is 0 Å². The molecule has 0 atom stereocenters. The van der Waals surface area contributed by atoms with Crippen molar-refractivity contribution in [3.8, 4) is 0 Å². The molecule has 0 fully saturated rings. The van der Waals surface area contributed by atoms with Crippen molar-refractivity contribution >= 4 is 0 Å². The molecule has 97 valence electrons. The Kier molecular flexibility index (Phi) is 14.9. The Bertz CT molecular complexity index is 98.0. The van der Waals surface area contributed by atoms with Gasteiger partial charge in [-0.15, -0.1) is 0 Å². The van der Waals surface area contributed by atoms with Crippen LogP contribution in [0.3, 0.4) is 0 Å². The number of ether oxygens (including phenoxy) is 1. The number of rotatable bonds is 13. The third-order valence-electron chi connectivity index (χ3n) is 2.91. The summed E-state index contributed by atoms with van der Waals surface area (Å²) in [4.78, 5) is 0. The second-order valence-electron chi connectivity index (χ2n) is 4.65. The fourth-order valence-corrected chi connectivity index (χ4v) is 1.79. The summed E-state index contributed by atoms with van der Waals surface area (Å²) in [5.74, 6) is 0. The fraction of sp³-hybridized carbons (Fsp3) is 0.933. The molecular formula is C15H31O. The molecule has 0 spiro atoms. The number of hydrogen-bond acceptors (Lipinski definition) is 1. The smallest absolute Gasteiger partial charge is 0.0836 e. The minimum Gasteiger partial charge on any atom is -0.376 e. The molecule has 0 amide bonds. The predicted molar refractivity (Wildman–Crippen MR) is 72.4 cm³/mol. The average Bonchev–Trinajstić information content (AvgIpc) is 2.31. The molecular weight excluding hydrogens is 196 g/mol. The molecule has 0 aromatic carbocycles. The van der Waals surface area contributed by atoms with Gasteiger partial charge in [0, 0.05) is 6.61 Å². The van der Waals surface area contributed by atoms with E-state index in [1.807, 2.05) is 6.61 Å². The molecule has 16 heavy (non-hydrogen) atoms. The molecule has 0 heterocycles. The normalized spacial score (nSPS) is 10.9. The zero-order valence-electron chi connectivity index (χ0n) is 11.5. The third-order valence-corrected chi connectivity index (χ3v) is 2.91. The molecule has 0 bridgehead atoms. The molecule has 0 rings (SSSR count). The highest BCUT2D eigenvalue weighted by atomic mass is 16.5. The van der Waals surface area contributed by atoms with Gasteiger partial charge in [-0.3, -0.25) is 0 Å². The van der Waals surface area contributed by atoms with Crippen LogP contribution >= 0.6 is 0 Å². The van der Waals surface area contributed by atoms with Gasteiger partial charge in [-0.1, -0.05) is 71.6 Å². The second kappa shape index (κ2) is 15.0. The van der Waals surface area contributed by atoms with E-state index < -0.39 is 0 Å². The summed E-state index contributed by atoms with van der Waals surface area (Å²) in [5, 5.41) is 0. The van der Waals surface area contributed by atoms with E-state index in [0.717, 1.165) is 13.0 Å². The Morgan fingerprint density at radius 1 is 0.688 bits per heavy atom. The molecule has 0 N–H and O–H groups in total. The van der Waals surface area contributed by atoms with Gasteiger partial charge < -0.3 is 4.74 Å². The van der Waals surface area contributed by atoms with Crippen LogP contribution in [0.15, 0.2) is 0 Å². The lowest BCUT2D eigenvalue weighted by Crippen LogP contribution is -1.91. The Morgan fingerprint density at radius 2 is 1.25 bits per heavy atom. The third kappa shape index (κ3) is 14.0. The van der Waals surface area contributed by atoms with Crippen LogP contribution in [0.5, 0.6) is 0 Å². The Hall–Kier alpha value is -0.0400. The maximum Gasteiger partial charge on any atom is 0.0836 e. The van der Waals surface area contributed by atoms with Crippen molar-refractivity contribution in [2.24, 2.45) is 0 Å². The van der Waals surface area contributed by atoms with Gasteiger partial charge in [0.15, 0.2) is 0 Å². The van der Waals surface area contributed by atoms with Crippen LogP contribution in [-0.2, 0) is 4.74 Å². The van der Waals surface area contributed by atoms with Crippen molar-refractivity contribution in [1.29, 1.82) is 0 Å². The van der Waals surface area contributed by atoms with Crippen LogP contribution < -0.4 is 0 Å². The van der Waals surface area contributed by atoms with Crippen molar-refractivity contribution < 1.29 is 4.74 Å². The average molecular weight is 227 g/mol. The molecule has 1 radical (unpaired) electrons. The maximum atomic E-state index is 5.46. The van der Waals surface area contributed by atoms with E-state index in [4.69, 9.17) is 4.74 Å². The van der Waals surface area contributed by atoms with Crippen molar-refractivity contribution in [3.63, 3.8) is 0 Å². The van der Waals surface area contributed by atoms with E-state index in [2.05, 4.69) is 13.8 Å². The lowest BCUT2D eigenvalue weighted by atomic mass is 10.1. The van der Waals surface area contributed by atoms with Crippen LogP contribution in [0, 0.1) is 6.61 Å². The summed E-state index contributed by atoms with van der Waals surface area (Å²) in [6.45, 7) is 7.43. The highest BCUT2D eigenvalue weighted by Gasteiger charge is 1.92. The lowest BCUT2D eigenvalue weighted by molar-refractivity contribution is 0.184. The van der Waals surface area contributed by atoms with Gasteiger partial charge in [0.2, 0.25) is 0 Å². The Morgan fingerprint density at radius 3 is 1.94 bits per heavy atom. The monoisotopic (exact) mass is 227 g/mol. The molecule has 1 nitrogen and oxygen atoms in total. The van der Waals surface area contributed by atoms with Gasteiger partial charge in [0.05, 0.1) is 6.61 Å². The molecule has 0 aliphatic carbocycles. The lowest BCUT2D eigenvalue weighted by Gasteiger charge is -2.03. The van der Waals surface area contributed by atoms with Gasteiger partial charge in [0.1, 0.15) is 0 Å². The first-order chi connectivity index (χ1) is 7.91. The first-order valence-corrected chi connectivity index (χ1v) is 7.35. The van der Waals surface area contributed by atoms with Crippen LogP contribution in [0.1, 0.15) is 84.5 Å². The van der Waals surface area contributed by atoms with E-state index >= 15 is 0 Å². The summed E-state index contributed by atoms with van der Waals surface area (Å²) in [6, 6.07) is 0. The van der Waals surface area contributed by atoms with E-state index in [-0.39, 0.29) is 0 Å². The van der Waals surface area contributed by atoms with E-state index in [1.54, 1.807) is 0 Å². The summed E-state index contributed by atoms with van der Waals surface area (Å²) in [6.07, 6.45) is 14.6. The van der Waals surface area contributed by atoms with Gasteiger partial charge in [-0.25, -0.2) is 0 Å². The summed E-state index contributed by atoms with van der Waals surface area (Å²) in [7, 11) is 0. The van der Waals surface area contributed by atoms with Crippen molar-refractivity contribution in [2.75, 3.05) is 6.61 Å². The molecule has 0 saturated carbocycles. The van der Waals surface area contributed by atoms with E-state index in [9.17, 15) is 0 Å². The molecule has 0 saturated heterocycles. The summed E-state index contributed by atoms with van der Waals surface area (Å²) in [5.41, 5.74) is 0.